The molecule has 1 aromatic carbocycles. The average molecular weight is 329 g/mol. The fourth-order valence-corrected chi connectivity index (χ4v) is 3.17. The predicted molar refractivity (Wildman–Crippen MR) is 93.7 cm³/mol. The second-order valence-electron chi connectivity index (χ2n) is 7.58. The zero-order valence-electron chi connectivity index (χ0n) is 15.1. The number of piperidine rings is 1. The Hall–Kier alpha value is -2.06. The molecule has 1 aromatic rings. The van der Waals surface area contributed by atoms with Gasteiger partial charge in [-0.25, -0.2) is 0 Å². The van der Waals surface area contributed by atoms with Crippen LogP contribution in [0, 0.1) is 16.7 Å². The van der Waals surface area contributed by atoms with Gasteiger partial charge in [0, 0.05) is 13.1 Å². The highest BCUT2D eigenvalue weighted by Crippen LogP contribution is 2.28. The van der Waals surface area contributed by atoms with Crippen LogP contribution in [0.5, 0.6) is 5.75 Å². The number of nitriles is 1. The van der Waals surface area contributed by atoms with Gasteiger partial charge in [0.05, 0.1) is 11.6 Å². The van der Waals surface area contributed by atoms with Gasteiger partial charge < -0.3 is 15.0 Å². The number of ether oxygens (including phenoxy) is 1. The maximum absolute atomic E-state index is 12.6. The van der Waals surface area contributed by atoms with E-state index in [0.29, 0.717) is 17.9 Å². The molecule has 1 fully saturated rings. The molecule has 1 aliphatic rings. The van der Waals surface area contributed by atoms with Crippen LogP contribution in [0.25, 0.3) is 0 Å². The Bertz CT molecular complexity index is 618. The van der Waals surface area contributed by atoms with E-state index < -0.39 is 5.60 Å². The minimum atomic E-state index is -0.967. The molecular formula is C19H27N3O2. The second kappa shape index (κ2) is 7.23. The number of amides is 1. The molecule has 1 aliphatic heterocycles. The zero-order chi connectivity index (χ0) is 17.8. The lowest BCUT2D eigenvalue weighted by molar-refractivity contribution is -0.134. The van der Waals surface area contributed by atoms with Gasteiger partial charge in [0.15, 0.2) is 5.60 Å². The molecule has 5 heteroatoms. The Kier molecular flexibility index (Phi) is 5.51. The molecule has 1 unspecified atom stereocenters. The molecule has 0 aromatic heterocycles. The number of nitrogens with zero attached hydrogens (tertiary/aromatic N) is 2. The summed E-state index contributed by atoms with van der Waals surface area (Å²) in [6, 6.07) is 8.86. The van der Waals surface area contributed by atoms with Crippen molar-refractivity contribution in [2.45, 2.75) is 39.2 Å². The summed E-state index contributed by atoms with van der Waals surface area (Å²) in [6.07, 6.45) is 2.28. The Balaban J connectivity index is 1.93. The van der Waals surface area contributed by atoms with Crippen LogP contribution in [0.3, 0.4) is 0 Å². The number of carbonyl (C=O) groups excluding carboxylic acids is 1. The van der Waals surface area contributed by atoms with Gasteiger partial charge >= 0.3 is 0 Å². The van der Waals surface area contributed by atoms with E-state index in [1.807, 2.05) is 0 Å². The van der Waals surface area contributed by atoms with E-state index >= 15 is 0 Å². The van der Waals surface area contributed by atoms with E-state index in [9.17, 15) is 4.79 Å². The molecule has 1 amide bonds. The van der Waals surface area contributed by atoms with E-state index in [4.69, 9.17) is 10.00 Å². The monoisotopic (exact) mass is 329 g/mol. The first-order valence-electron chi connectivity index (χ1n) is 8.40. The van der Waals surface area contributed by atoms with E-state index in [1.165, 1.54) is 0 Å². The average Bonchev–Trinajstić information content (AvgIpc) is 2.53. The third kappa shape index (κ3) is 4.72. The third-order valence-electron chi connectivity index (χ3n) is 4.55. The molecule has 130 valence electrons. The first-order valence-corrected chi connectivity index (χ1v) is 8.40. The third-order valence-corrected chi connectivity index (χ3v) is 4.55. The molecule has 24 heavy (non-hydrogen) atoms. The van der Waals surface area contributed by atoms with E-state index in [-0.39, 0.29) is 11.3 Å². The van der Waals surface area contributed by atoms with Gasteiger partial charge in [0.25, 0.3) is 5.91 Å². The molecule has 2 rings (SSSR count). The Morgan fingerprint density at radius 2 is 2.08 bits per heavy atom. The Morgan fingerprint density at radius 1 is 1.42 bits per heavy atom. The van der Waals surface area contributed by atoms with Gasteiger partial charge in [-0.2, -0.15) is 5.26 Å². The van der Waals surface area contributed by atoms with Crippen molar-refractivity contribution in [2.75, 3.05) is 26.7 Å². The summed E-state index contributed by atoms with van der Waals surface area (Å²) in [7, 11) is 2.12. The summed E-state index contributed by atoms with van der Waals surface area (Å²) in [5.41, 5.74) is -0.294. The van der Waals surface area contributed by atoms with Crippen molar-refractivity contribution >= 4 is 5.91 Å². The summed E-state index contributed by atoms with van der Waals surface area (Å²) in [5.74, 6) is 0.457. The van der Waals surface area contributed by atoms with Crippen LogP contribution in [0.15, 0.2) is 24.3 Å². The highest BCUT2D eigenvalue weighted by molar-refractivity contribution is 5.84. The maximum atomic E-state index is 12.6. The first-order chi connectivity index (χ1) is 11.2. The van der Waals surface area contributed by atoms with Crippen LogP contribution in [0.4, 0.5) is 0 Å². The highest BCUT2D eigenvalue weighted by atomic mass is 16.5. The number of benzene rings is 1. The van der Waals surface area contributed by atoms with E-state index in [1.54, 1.807) is 38.1 Å². The summed E-state index contributed by atoms with van der Waals surface area (Å²) in [5, 5.41) is 11.9. The fraction of sp³-hybridized carbons (Fsp3) is 0.579. The summed E-state index contributed by atoms with van der Waals surface area (Å²) in [4.78, 5) is 14.9. The van der Waals surface area contributed by atoms with Crippen molar-refractivity contribution in [1.82, 2.24) is 10.2 Å². The highest BCUT2D eigenvalue weighted by Gasteiger charge is 2.34. The van der Waals surface area contributed by atoms with E-state index in [2.05, 4.69) is 30.3 Å². The van der Waals surface area contributed by atoms with Gasteiger partial charge in [0.2, 0.25) is 0 Å². The van der Waals surface area contributed by atoms with Gasteiger partial charge in [0.1, 0.15) is 5.75 Å². The minimum absolute atomic E-state index is 0.104. The second-order valence-corrected chi connectivity index (χ2v) is 7.58. The molecule has 0 aliphatic carbocycles. The molecule has 0 bridgehead atoms. The van der Waals surface area contributed by atoms with Crippen molar-refractivity contribution in [1.29, 1.82) is 5.26 Å². The molecule has 0 radical (unpaired) electrons. The number of nitrogens with one attached hydrogen (secondary N) is 1. The number of hydrogen-bond donors (Lipinski definition) is 1. The van der Waals surface area contributed by atoms with Gasteiger partial charge in [-0.1, -0.05) is 6.92 Å². The predicted octanol–water partition coefficient (Wildman–Crippen LogP) is 2.56. The lowest BCUT2D eigenvalue weighted by Gasteiger charge is -2.39. The van der Waals surface area contributed by atoms with Crippen LogP contribution in [0.1, 0.15) is 39.2 Å². The lowest BCUT2D eigenvalue weighted by Crippen LogP contribution is -2.52. The van der Waals surface area contributed by atoms with Gasteiger partial charge in [-0.3, -0.25) is 4.79 Å². The van der Waals surface area contributed by atoms with Crippen molar-refractivity contribution in [2.24, 2.45) is 5.41 Å². The van der Waals surface area contributed by atoms with Crippen molar-refractivity contribution in [3.63, 3.8) is 0 Å². The molecule has 0 spiro atoms. The number of likely N-dealkylation sites (tertiary alicyclic amines) is 1. The fourth-order valence-electron chi connectivity index (χ4n) is 3.17. The molecule has 0 saturated carbocycles. The number of rotatable bonds is 5. The number of carbonyl (C=O) groups is 1. The first kappa shape index (κ1) is 18.3. The summed E-state index contributed by atoms with van der Waals surface area (Å²) < 4.78 is 5.83. The molecule has 1 heterocycles. The summed E-state index contributed by atoms with van der Waals surface area (Å²) in [6.45, 7) is 8.50. The molecular weight excluding hydrogens is 302 g/mol. The quantitative estimate of drug-likeness (QED) is 0.902. The maximum Gasteiger partial charge on any atom is 0.263 e. The normalized spacial score (nSPS) is 21.8. The zero-order valence-corrected chi connectivity index (χ0v) is 15.1. The standard InChI is InChI=1S/C19H27N3O2/c1-18(2,24-16-8-6-15(12-20)7-9-16)17(23)21-13-19(3)10-5-11-22(4)14-19/h6-9H,5,10-11,13-14H2,1-4H3,(H,21,23). The van der Waals surface area contributed by atoms with E-state index in [0.717, 1.165) is 25.9 Å². The molecule has 1 saturated heterocycles. The molecule has 1 N–H and O–H groups in total. The smallest absolute Gasteiger partial charge is 0.263 e. The minimum Gasteiger partial charge on any atom is -0.478 e. The topological polar surface area (TPSA) is 65.4 Å². The molecule has 5 nitrogen and oxygen atoms in total. The van der Waals surface area contributed by atoms with Gasteiger partial charge in [-0.15, -0.1) is 0 Å². The van der Waals surface area contributed by atoms with Crippen LogP contribution in [-0.2, 0) is 4.79 Å². The molecule has 1 atom stereocenters. The Labute approximate surface area is 144 Å². The Morgan fingerprint density at radius 3 is 2.67 bits per heavy atom. The van der Waals surface area contributed by atoms with Gasteiger partial charge in [-0.05, 0) is 70.0 Å². The largest absolute Gasteiger partial charge is 0.478 e. The van der Waals surface area contributed by atoms with Crippen molar-refractivity contribution in [3.05, 3.63) is 29.8 Å². The van der Waals surface area contributed by atoms with Crippen LogP contribution < -0.4 is 10.1 Å². The van der Waals surface area contributed by atoms with Crippen molar-refractivity contribution < 1.29 is 9.53 Å². The van der Waals surface area contributed by atoms with Crippen LogP contribution in [0.2, 0.25) is 0 Å². The number of hydrogen-bond acceptors (Lipinski definition) is 4. The van der Waals surface area contributed by atoms with Crippen LogP contribution in [-0.4, -0.2) is 43.1 Å². The lowest BCUT2D eigenvalue weighted by atomic mass is 9.82. The summed E-state index contributed by atoms with van der Waals surface area (Å²) >= 11 is 0. The van der Waals surface area contributed by atoms with Crippen LogP contribution >= 0.6 is 0 Å². The SMILES string of the molecule is CN1CCCC(C)(CNC(=O)C(C)(C)Oc2ccc(C#N)cc2)C1. The van der Waals surface area contributed by atoms with Crippen molar-refractivity contribution in [3.8, 4) is 11.8 Å².